The maximum Gasteiger partial charge on any atom is 0.313 e. The standard InChI is InChI=1S/C18H26O4/c1-11(2)16(19)21-14-10-8-9-13(18(5,6)7)15(14)22-17(20)12(3)4/h8-12H,1-7H3. The molecule has 0 atom stereocenters. The van der Waals surface area contributed by atoms with Crippen LogP contribution >= 0.6 is 0 Å². The topological polar surface area (TPSA) is 52.6 Å². The minimum atomic E-state index is -0.354. The van der Waals surface area contributed by atoms with Crippen LogP contribution in [0.25, 0.3) is 0 Å². The van der Waals surface area contributed by atoms with Crippen LogP contribution in [-0.2, 0) is 15.0 Å². The molecule has 0 aliphatic carbocycles. The van der Waals surface area contributed by atoms with Crippen molar-refractivity contribution in [2.45, 2.75) is 53.9 Å². The lowest BCUT2D eigenvalue weighted by molar-refractivity contribution is -0.140. The summed E-state index contributed by atoms with van der Waals surface area (Å²) in [5.41, 5.74) is 0.586. The summed E-state index contributed by atoms with van der Waals surface area (Å²) in [6, 6.07) is 5.34. The first-order valence-electron chi connectivity index (χ1n) is 7.61. The molecule has 1 rings (SSSR count). The van der Waals surface area contributed by atoms with Crippen molar-refractivity contribution >= 4 is 11.9 Å². The van der Waals surface area contributed by atoms with E-state index in [1.54, 1.807) is 39.8 Å². The molecule has 1 aromatic carbocycles. The Kier molecular flexibility index (Phi) is 5.75. The molecule has 0 aliphatic rings. The van der Waals surface area contributed by atoms with Gasteiger partial charge in [-0.05, 0) is 11.5 Å². The Hall–Kier alpha value is -1.84. The summed E-state index contributed by atoms with van der Waals surface area (Å²) in [6.07, 6.45) is 0. The second kappa shape index (κ2) is 6.95. The molecule has 4 heteroatoms. The van der Waals surface area contributed by atoms with Crippen molar-refractivity contribution in [3.05, 3.63) is 23.8 Å². The van der Waals surface area contributed by atoms with Crippen molar-refractivity contribution < 1.29 is 19.1 Å². The van der Waals surface area contributed by atoms with Gasteiger partial charge >= 0.3 is 11.9 Å². The molecule has 1 aromatic rings. The van der Waals surface area contributed by atoms with Gasteiger partial charge in [0.15, 0.2) is 11.5 Å². The van der Waals surface area contributed by atoms with Crippen molar-refractivity contribution in [3.63, 3.8) is 0 Å². The summed E-state index contributed by atoms with van der Waals surface area (Å²) in [5.74, 6) is -0.595. The van der Waals surface area contributed by atoms with E-state index >= 15 is 0 Å². The first-order valence-corrected chi connectivity index (χ1v) is 7.61. The van der Waals surface area contributed by atoms with Crippen LogP contribution in [0.4, 0.5) is 0 Å². The van der Waals surface area contributed by atoms with Crippen molar-refractivity contribution in [2.75, 3.05) is 0 Å². The fourth-order valence-corrected chi connectivity index (χ4v) is 1.74. The van der Waals surface area contributed by atoms with Gasteiger partial charge in [-0.2, -0.15) is 0 Å². The van der Waals surface area contributed by atoms with Gasteiger partial charge in [-0.15, -0.1) is 0 Å². The highest BCUT2D eigenvalue weighted by Crippen LogP contribution is 2.39. The van der Waals surface area contributed by atoms with E-state index in [1.165, 1.54) is 0 Å². The fraction of sp³-hybridized carbons (Fsp3) is 0.556. The Morgan fingerprint density at radius 2 is 1.41 bits per heavy atom. The van der Waals surface area contributed by atoms with Crippen LogP contribution in [0.2, 0.25) is 0 Å². The molecule has 0 N–H and O–H groups in total. The van der Waals surface area contributed by atoms with Gasteiger partial charge in [-0.3, -0.25) is 9.59 Å². The number of carbonyl (C=O) groups excluding carboxylic acids is 2. The third-order valence-electron chi connectivity index (χ3n) is 3.14. The maximum absolute atomic E-state index is 12.0. The van der Waals surface area contributed by atoms with Crippen LogP contribution in [-0.4, -0.2) is 11.9 Å². The summed E-state index contributed by atoms with van der Waals surface area (Å²) in [4.78, 5) is 23.9. The normalized spacial score (nSPS) is 11.7. The lowest BCUT2D eigenvalue weighted by Crippen LogP contribution is -2.21. The molecule has 0 heterocycles. The molecule has 0 saturated heterocycles. The van der Waals surface area contributed by atoms with Gasteiger partial charge in [0.2, 0.25) is 0 Å². The summed E-state index contributed by atoms with van der Waals surface area (Å²) in [6.45, 7) is 13.1. The fourth-order valence-electron chi connectivity index (χ4n) is 1.74. The quantitative estimate of drug-likeness (QED) is 0.620. The monoisotopic (exact) mass is 306 g/mol. The second-order valence-corrected chi connectivity index (χ2v) is 7.03. The Morgan fingerprint density at radius 3 is 1.86 bits per heavy atom. The summed E-state index contributed by atoms with van der Waals surface area (Å²) in [7, 11) is 0. The lowest BCUT2D eigenvalue weighted by atomic mass is 9.86. The minimum absolute atomic E-state index is 0.243. The van der Waals surface area contributed by atoms with Gasteiger partial charge in [0, 0.05) is 5.56 Å². The molecule has 0 radical (unpaired) electrons. The predicted octanol–water partition coefficient (Wildman–Crippen LogP) is 4.11. The number of ether oxygens (including phenoxy) is 2. The smallest absolute Gasteiger partial charge is 0.313 e. The molecule has 122 valence electrons. The SMILES string of the molecule is CC(C)C(=O)Oc1cccc(C(C)(C)C)c1OC(=O)C(C)C. The summed E-state index contributed by atoms with van der Waals surface area (Å²) >= 11 is 0. The van der Waals surface area contributed by atoms with E-state index in [-0.39, 0.29) is 29.2 Å². The number of benzene rings is 1. The van der Waals surface area contributed by atoms with Crippen LogP contribution in [0, 0.1) is 11.8 Å². The lowest BCUT2D eigenvalue weighted by Gasteiger charge is -2.24. The molecule has 0 spiro atoms. The Bertz CT molecular complexity index is 551. The van der Waals surface area contributed by atoms with Gasteiger partial charge in [0.1, 0.15) is 0 Å². The van der Waals surface area contributed by atoms with E-state index in [9.17, 15) is 9.59 Å². The van der Waals surface area contributed by atoms with E-state index in [0.29, 0.717) is 11.5 Å². The van der Waals surface area contributed by atoms with Crippen LogP contribution < -0.4 is 9.47 Å². The highest BCUT2D eigenvalue weighted by molar-refractivity contribution is 5.78. The van der Waals surface area contributed by atoms with Crippen molar-refractivity contribution in [2.24, 2.45) is 11.8 Å². The Morgan fingerprint density at radius 1 is 0.909 bits per heavy atom. The average Bonchev–Trinajstić information content (AvgIpc) is 2.38. The van der Waals surface area contributed by atoms with E-state index < -0.39 is 0 Å². The minimum Gasteiger partial charge on any atom is -0.422 e. The van der Waals surface area contributed by atoms with E-state index in [4.69, 9.17) is 9.47 Å². The summed E-state index contributed by atoms with van der Waals surface area (Å²) < 4.78 is 10.9. The summed E-state index contributed by atoms with van der Waals surface area (Å²) in [5, 5.41) is 0. The molecule has 0 fully saturated rings. The highest BCUT2D eigenvalue weighted by atomic mass is 16.6. The number of esters is 2. The van der Waals surface area contributed by atoms with Gasteiger partial charge < -0.3 is 9.47 Å². The molecule has 0 aromatic heterocycles. The van der Waals surface area contributed by atoms with Gasteiger partial charge in [0.25, 0.3) is 0 Å². The zero-order valence-electron chi connectivity index (χ0n) is 14.5. The van der Waals surface area contributed by atoms with Crippen molar-refractivity contribution in [3.8, 4) is 11.5 Å². The highest BCUT2D eigenvalue weighted by Gasteiger charge is 2.26. The van der Waals surface area contributed by atoms with E-state index in [2.05, 4.69) is 0 Å². The average molecular weight is 306 g/mol. The van der Waals surface area contributed by atoms with Gasteiger partial charge in [0.05, 0.1) is 11.8 Å². The molecule has 0 aliphatic heterocycles. The van der Waals surface area contributed by atoms with Crippen LogP contribution in [0.1, 0.15) is 54.0 Å². The van der Waals surface area contributed by atoms with E-state index in [1.807, 2.05) is 26.8 Å². The number of rotatable bonds is 4. The maximum atomic E-state index is 12.0. The van der Waals surface area contributed by atoms with Crippen molar-refractivity contribution in [1.82, 2.24) is 0 Å². The molecule has 4 nitrogen and oxygen atoms in total. The number of hydrogen-bond donors (Lipinski definition) is 0. The third-order valence-corrected chi connectivity index (χ3v) is 3.14. The van der Waals surface area contributed by atoms with Crippen molar-refractivity contribution in [1.29, 1.82) is 0 Å². The predicted molar refractivity (Wildman–Crippen MR) is 86.1 cm³/mol. The molecular formula is C18H26O4. The number of hydrogen-bond acceptors (Lipinski definition) is 4. The first kappa shape index (κ1) is 18.2. The number of para-hydroxylation sites is 1. The molecule has 22 heavy (non-hydrogen) atoms. The second-order valence-electron chi connectivity index (χ2n) is 7.03. The van der Waals surface area contributed by atoms with Crippen LogP contribution in [0.15, 0.2) is 18.2 Å². The molecule has 0 unspecified atom stereocenters. The first-order chi connectivity index (χ1) is 10.0. The van der Waals surface area contributed by atoms with Crippen LogP contribution in [0.5, 0.6) is 11.5 Å². The zero-order valence-corrected chi connectivity index (χ0v) is 14.5. The molecule has 0 saturated carbocycles. The Balaban J connectivity index is 3.31. The van der Waals surface area contributed by atoms with E-state index in [0.717, 1.165) is 5.56 Å². The largest absolute Gasteiger partial charge is 0.422 e. The third kappa shape index (κ3) is 4.58. The van der Waals surface area contributed by atoms with Gasteiger partial charge in [-0.1, -0.05) is 60.6 Å². The van der Waals surface area contributed by atoms with Crippen LogP contribution in [0.3, 0.4) is 0 Å². The number of carbonyl (C=O) groups is 2. The zero-order chi connectivity index (χ0) is 17.1. The Labute approximate surface area is 132 Å². The van der Waals surface area contributed by atoms with Gasteiger partial charge in [-0.25, -0.2) is 0 Å². The molecule has 0 amide bonds. The molecule has 0 bridgehead atoms. The molecular weight excluding hydrogens is 280 g/mol.